The van der Waals surface area contributed by atoms with E-state index in [1.54, 1.807) is 0 Å². The Morgan fingerprint density at radius 2 is 1.93 bits per heavy atom. The van der Waals surface area contributed by atoms with E-state index in [0.29, 0.717) is 6.61 Å². The highest BCUT2D eigenvalue weighted by atomic mass is 32.2. The predicted molar refractivity (Wildman–Crippen MR) is 94.9 cm³/mol. The summed E-state index contributed by atoms with van der Waals surface area (Å²) >= 11 is 0. The standard InChI is InChI=1S/C18H18F2N2O4S/c19-15-6-2-1-5-14(15)18(23)22-17-8-7-13(10-16(17)20)27(24,25)21-11-12-4-3-9-26-12/h1-2,5-8,10,12,21H,3-4,9,11H2,(H,22,23)/t12-/m0/s1. The third-order valence-corrected chi connectivity index (χ3v) is 5.56. The number of carbonyl (C=O) groups excluding carboxylic acids is 1. The molecule has 27 heavy (non-hydrogen) atoms. The largest absolute Gasteiger partial charge is 0.377 e. The average molecular weight is 396 g/mol. The molecule has 1 saturated heterocycles. The van der Waals surface area contributed by atoms with E-state index in [1.165, 1.54) is 18.2 Å². The Balaban J connectivity index is 1.71. The zero-order valence-electron chi connectivity index (χ0n) is 14.2. The summed E-state index contributed by atoms with van der Waals surface area (Å²) in [5.41, 5.74) is -0.492. The minimum Gasteiger partial charge on any atom is -0.377 e. The van der Waals surface area contributed by atoms with Gasteiger partial charge in [-0.2, -0.15) is 0 Å². The summed E-state index contributed by atoms with van der Waals surface area (Å²) in [6, 6.07) is 8.36. The molecule has 2 aromatic rings. The molecule has 0 aromatic heterocycles. The van der Waals surface area contributed by atoms with Crippen LogP contribution in [0.25, 0.3) is 0 Å². The van der Waals surface area contributed by atoms with E-state index in [1.807, 2.05) is 0 Å². The molecular formula is C18H18F2N2O4S. The molecule has 2 N–H and O–H groups in total. The van der Waals surface area contributed by atoms with E-state index in [0.717, 1.165) is 37.1 Å². The second-order valence-corrected chi connectivity index (χ2v) is 7.83. The number of anilines is 1. The van der Waals surface area contributed by atoms with Crippen LogP contribution in [0, 0.1) is 11.6 Å². The third kappa shape index (κ3) is 4.68. The number of amides is 1. The van der Waals surface area contributed by atoms with Gasteiger partial charge in [0.05, 0.1) is 22.3 Å². The van der Waals surface area contributed by atoms with Crippen molar-refractivity contribution >= 4 is 21.6 Å². The minimum absolute atomic E-state index is 0.107. The zero-order chi connectivity index (χ0) is 19.4. The first kappa shape index (κ1) is 19.4. The fourth-order valence-corrected chi connectivity index (χ4v) is 3.77. The summed E-state index contributed by atoms with van der Waals surface area (Å²) in [5.74, 6) is -2.52. The van der Waals surface area contributed by atoms with Crippen LogP contribution in [0.5, 0.6) is 0 Å². The fourth-order valence-electron chi connectivity index (χ4n) is 2.69. The van der Waals surface area contributed by atoms with Crippen LogP contribution in [0.15, 0.2) is 47.4 Å². The van der Waals surface area contributed by atoms with E-state index in [-0.39, 0.29) is 28.8 Å². The molecule has 2 aromatic carbocycles. The Kier molecular flexibility index (Phi) is 5.83. The van der Waals surface area contributed by atoms with Crippen LogP contribution in [0.4, 0.5) is 14.5 Å². The average Bonchev–Trinajstić information content (AvgIpc) is 3.15. The molecule has 1 fully saturated rings. The van der Waals surface area contributed by atoms with Gasteiger partial charge in [-0.1, -0.05) is 12.1 Å². The second-order valence-electron chi connectivity index (χ2n) is 6.06. The first-order valence-electron chi connectivity index (χ1n) is 8.33. The number of nitrogens with one attached hydrogen (secondary N) is 2. The van der Waals surface area contributed by atoms with Gasteiger partial charge in [0.15, 0.2) is 0 Å². The fraction of sp³-hybridized carbons (Fsp3) is 0.278. The molecule has 0 spiro atoms. The Labute approximate surface area is 155 Å². The van der Waals surface area contributed by atoms with Crippen LogP contribution in [0.1, 0.15) is 23.2 Å². The quantitative estimate of drug-likeness (QED) is 0.786. The predicted octanol–water partition coefficient (Wildman–Crippen LogP) is 2.67. The highest BCUT2D eigenvalue weighted by molar-refractivity contribution is 7.89. The van der Waals surface area contributed by atoms with Crippen molar-refractivity contribution in [1.29, 1.82) is 0 Å². The first-order chi connectivity index (χ1) is 12.9. The van der Waals surface area contributed by atoms with Crippen LogP contribution >= 0.6 is 0 Å². The molecule has 0 bridgehead atoms. The molecule has 0 aliphatic carbocycles. The van der Waals surface area contributed by atoms with Gasteiger partial charge in [-0.25, -0.2) is 21.9 Å². The van der Waals surface area contributed by atoms with Gasteiger partial charge in [-0.15, -0.1) is 0 Å². The number of halogens is 2. The number of benzene rings is 2. The van der Waals surface area contributed by atoms with Crippen LogP contribution in [-0.4, -0.2) is 33.6 Å². The van der Waals surface area contributed by atoms with Crippen molar-refractivity contribution < 1.29 is 26.7 Å². The molecule has 1 heterocycles. The number of hydrogen-bond donors (Lipinski definition) is 2. The molecule has 1 amide bonds. The van der Waals surface area contributed by atoms with E-state index in [2.05, 4.69) is 10.0 Å². The number of ether oxygens (including phenoxy) is 1. The highest BCUT2D eigenvalue weighted by Gasteiger charge is 2.22. The lowest BCUT2D eigenvalue weighted by molar-refractivity contribution is 0.102. The van der Waals surface area contributed by atoms with Gasteiger partial charge in [-0.05, 0) is 43.2 Å². The van der Waals surface area contributed by atoms with Crippen LogP contribution in [0.2, 0.25) is 0 Å². The van der Waals surface area contributed by atoms with Gasteiger partial charge in [0.1, 0.15) is 11.6 Å². The van der Waals surface area contributed by atoms with E-state index < -0.39 is 27.6 Å². The molecule has 9 heteroatoms. The smallest absolute Gasteiger partial charge is 0.258 e. The molecular weight excluding hydrogens is 378 g/mol. The maximum Gasteiger partial charge on any atom is 0.258 e. The summed E-state index contributed by atoms with van der Waals surface area (Å²) in [5, 5.41) is 2.23. The van der Waals surface area contributed by atoms with Crippen LogP contribution < -0.4 is 10.0 Å². The zero-order valence-corrected chi connectivity index (χ0v) is 15.1. The monoisotopic (exact) mass is 396 g/mol. The van der Waals surface area contributed by atoms with E-state index in [9.17, 15) is 22.0 Å². The number of rotatable bonds is 6. The van der Waals surface area contributed by atoms with Crippen LogP contribution in [0.3, 0.4) is 0 Å². The lowest BCUT2D eigenvalue weighted by Crippen LogP contribution is -2.31. The maximum atomic E-state index is 14.3. The molecule has 1 aliphatic heterocycles. The number of carbonyl (C=O) groups is 1. The van der Waals surface area contributed by atoms with Gasteiger partial charge >= 0.3 is 0 Å². The number of hydrogen-bond acceptors (Lipinski definition) is 4. The normalized spacial score (nSPS) is 17.0. The van der Waals surface area contributed by atoms with Gasteiger partial charge in [0, 0.05) is 13.2 Å². The van der Waals surface area contributed by atoms with E-state index in [4.69, 9.17) is 4.74 Å². The summed E-state index contributed by atoms with van der Waals surface area (Å²) in [4.78, 5) is 11.8. The topological polar surface area (TPSA) is 84.5 Å². The highest BCUT2D eigenvalue weighted by Crippen LogP contribution is 2.21. The van der Waals surface area contributed by atoms with Crippen molar-refractivity contribution in [2.45, 2.75) is 23.8 Å². The molecule has 0 saturated carbocycles. The Morgan fingerprint density at radius 3 is 2.59 bits per heavy atom. The molecule has 1 aliphatic rings. The first-order valence-corrected chi connectivity index (χ1v) is 9.82. The van der Waals surface area contributed by atoms with Crippen molar-refractivity contribution in [2.75, 3.05) is 18.5 Å². The molecule has 0 radical (unpaired) electrons. The van der Waals surface area contributed by atoms with Crippen molar-refractivity contribution in [2.24, 2.45) is 0 Å². The third-order valence-electron chi connectivity index (χ3n) is 4.14. The van der Waals surface area contributed by atoms with E-state index >= 15 is 0 Å². The van der Waals surface area contributed by atoms with Gasteiger partial charge in [0.25, 0.3) is 5.91 Å². The Morgan fingerprint density at radius 1 is 1.15 bits per heavy atom. The molecule has 0 unspecified atom stereocenters. The minimum atomic E-state index is -3.92. The summed E-state index contributed by atoms with van der Waals surface area (Å²) < 4.78 is 60.2. The summed E-state index contributed by atoms with van der Waals surface area (Å²) in [6.07, 6.45) is 1.44. The lowest BCUT2D eigenvalue weighted by Gasteiger charge is -2.12. The number of sulfonamides is 1. The lowest BCUT2D eigenvalue weighted by atomic mass is 10.2. The van der Waals surface area contributed by atoms with Crippen molar-refractivity contribution in [3.05, 3.63) is 59.7 Å². The summed E-state index contributed by atoms with van der Waals surface area (Å²) in [6.45, 7) is 0.702. The van der Waals surface area contributed by atoms with Crippen LogP contribution in [-0.2, 0) is 14.8 Å². The molecule has 6 nitrogen and oxygen atoms in total. The molecule has 3 rings (SSSR count). The molecule has 1 atom stereocenters. The Bertz CT molecular complexity index is 944. The molecule has 144 valence electrons. The SMILES string of the molecule is O=C(Nc1ccc(S(=O)(=O)NC[C@@H]2CCCO2)cc1F)c1ccccc1F. The maximum absolute atomic E-state index is 14.3. The van der Waals surface area contributed by atoms with Gasteiger partial charge < -0.3 is 10.1 Å². The van der Waals surface area contributed by atoms with Gasteiger partial charge in [0.2, 0.25) is 10.0 Å². The second kappa shape index (κ2) is 8.12. The van der Waals surface area contributed by atoms with Crippen molar-refractivity contribution in [3.63, 3.8) is 0 Å². The summed E-state index contributed by atoms with van der Waals surface area (Å²) in [7, 11) is -3.92. The van der Waals surface area contributed by atoms with Crippen molar-refractivity contribution in [1.82, 2.24) is 4.72 Å². The van der Waals surface area contributed by atoms with Gasteiger partial charge in [-0.3, -0.25) is 4.79 Å². The van der Waals surface area contributed by atoms with Crippen molar-refractivity contribution in [3.8, 4) is 0 Å². The Hall–Kier alpha value is -2.36.